The summed E-state index contributed by atoms with van der Waals surface area (Å²) in [4.78, 5) is 0. The molecule has 76 valence electrons. The maximum absolute atomic E-state index is 9.11. The summed E-state index contributed by atoms with van der Waals surface area (Å²) in [6, 6.07) is 5.26. The SMILES string of the molecule is CCCc1cc(OC)ccc1B(O)O. The van der Waals surface area contributed by atoms with E-state index in [1.165, 1.54) is 0 Å². The molecule has 3 nitrogen and oxygen atoms in total. The predicted molar refractivity (Wildman–Crippen MR) is 56.8 cm³/mol. The minimum atomic E-state index is -1.40. The van der Waals surface area contributed by atoms with Gasteiger partial charge < -0.3 is 14.8 Å². The minimum Gasteiger partial charge on any atom is -0.497 e. The first-order chi connectivity index (χ1) is 6.69. The first kappa shape index (κ1) is 11.1. The van der Waals surface area contributed by atoms with Gasteiger partial charge in [-0.15, -0.1) is 0 Å². The van der Waals surface area contributed by atoms with Gasteiger partial charge in [-0.3, -0.25) is 0 Å². The quantitative estimate of drug-likeness (QED) is 0.679. The molecule has 0 atom stereocenters. The molecule has 0 unspecified atom stereocenters. The summed E-state index contributed by atoms with van der Waals surface area (Å²) >= 11 is 0. The maximum Gasteiger partial charge on any atom is 0.488 e. The van der Waals surface area contributed by atoms with Crippen molar-refractivity contribution in [3.8, 4) is 5.75 Å². The van der Waals surface area contributed by atoms with Gasteiger partial charge in [0.05, 0.1) is 7.11 Å². The smallest absolute Gasteiger partial charge is 0.488 e. The molecule has 0 amide bonds. The van der Waals surface area contributed by atoms with Crippen LogP contribution in [0.3, 0.4) is 0 Å². The highest BCUT2D eigenvalue weighted by Gasteiger charge is 2.15. The van der Waals surface area contributed by atoms with Crippen LogP contribution in [0.1, 0.15) is 18.9 Å². The van der Waals surface area contributed by atoms with Crippen LogP contribution in [0.4, 0.5) is 0 Å². The second-order valence-corrected chi connectivity index (χ2v) is 3.19. The van der Waals surface area contributed by atoms with Crippen LogP contribution < -0.4 is 10.2 Å². The summed E-state index contributed by atoms with van der Waals surface area (Å²) in [7, 11) is 0.197. The molecule has 0 aliphatic heterocycles. The van der Waals surface area contributed by atoms with Gasteiger partial charge in [0.15, 0.2) is 0 Å². The molecule has 0 heterocycles. The van der Waals surface area contributed by atoms with Crippen molar-refractivity contribution in [2.75, 3.05) is 7.11 Å². The van der Waals surface area contributed by atoms with Crippen molar-refractivity contribution in [3.63, 3.8) is 0 Å². The van der Waals surface area contributed by atoms with E-state index in [1.54, 1.807) is 19.2 Å². The Kier molecular flexibility index (Phi) is 3.98. The number of rotatable bonds is 4. The van der Waals surface area contributed by atoms with E-state index in [0.717, 1.165) is 24.2 Å². The summed E-state index contributed by atoms with van der Waals surface area (Å²) < 4.78 is 5.07. The van der Waals surface area contributed by atoms with Crippen LogP contribution in [0.15, 0.2) is 18.2 Å². The topological polar surface area (TPSA) is 49.7 Å². The lowest BCUT2D eigenvalue weighted by Crippen LogP contribution is -2.32. The van der Waals surface area contributed by atoms with Gasteiger partial charge >= 0.3 is 7.12 Å². The monoisotopic (exact) mass is 194 g/mol. The predicted octanol–water partition coefficient (Wildman–Crippen LogP) is 0.327. The van der Waals surface area contributed by atoms with Crippen LogP contribution in [-0.4, -0.2) is 24.3 Å². The maximum atomic E-state index is 9.11. The lowest BCUT2D eigenvalue weighted by atomic mass is 9.76. The normalized spacial score (nSPS) is 10.0. The summed E-state index contributed by atoms with van der Waals surface area (Å²) in [5.41, 5.74) is 1.49. The second-order valence-electron chi connectivity index (χ2n) is 3.19. The van der Waals surface area contributed by atoms with Crippen LogP contribution >= 0.6 is 0 Å². The molecule has 0 fully saturated rings. The molecule has 0 aliphatic carbocycles. The van der Waals surface area contributed by atoms with E-state index in [-0.39, 0.29) is 0 Å². The van der Waals surface area contributed by atoms with Crippen molar-refractivity contribution >= 4 is 12.6 Å². The van der Waals surface area contributed by atoms with Crippen LogP contribution in [0, 0.1) is 0 Å². The molecule has 0 aliphatic rings. The van der Waals surface area contributed by atoms with E-state index >= 15 is 0 Å². The highest BCUT2D eigenvalue weighted by molar-refractivity contribution is 6.59. The van der Waals surface area contributed by atoms with Gasteiger partial charge in [0.25, 0.3) is 0 Å². The number of ether oxygens (including phenoxy) is 1. The van der Waals surface area contributed by atoms with Crippen LogP contribution in [0.25, 0.3) is 0 Å². The third kappa shape index (κ3) is 2.50. The van der Waals surface area contributed by atoms with Crippen molar-refractivity contribution < 1.29 is 14.8 Å². The first-order valence-electron chi connectivity index (χ1n) is 4.72. The van der Waals surface area contributed by atoms with Gasteiger partial charge in [0.2, 0.25) is 0 Å². The zero-order valence-electron chi connectivity index (χ0n) is 8.53. The molecule has 14 heavy (non-hydrogen) atoms. The van der Waals surface area contributed by atoms with E-state index in [0.29, 0.717) is 5.46 Å². The van der Waals surface area contributed by atoms with Crippen molar-refractivity contribution in [3.05, 3.63) is 23.8 Å². The number of hydrogen-bond acceptors (Lipinski definition) is 3. The van der Waals surface area contributed by atoms with E-state index in [4.69, 9.17) is 14.8 Å². The molecule has 0 radical (unpaired) electrons. The fraction of sp³-hybridized carbons (Fsp3) is 0.400. The summed E-state index contributed by atoms with van der Waals surface area (Å²) in [6.45, 7) is 2.05. The Hall–Kier alpha value is -0.995. The van der Waals surface area contributed by atoms with E-state index in [2.05, 4.69) is 0 Å². The fourth-order valence-electron chi connectivity index (χ4n) is 1.45. The fourth-order valence-corrected chi connectivity index (χ4v) is 1.45. The van der Waals surface area contributed by atoms with E-state index < -0.39 is 7.12 Å². The molecular formula is C10H15BO3. The van der Waals surface area contributed by atoms with Gasteiger partial charge in [-0.25, -0.2) is 0 Å². The Balaban J connectivity index is 3.03. The largest absolute Gasteiger partial charge is 0.497 e. The second kappa shape index (κ2) is 5.03. The molecule has 0 bridgehead atoms. The van der Waals surface area contributed by atoms with E-state index in [9.17, 15) is 0 Å². The zero-order chi connectivity index (χ0) is 10.6. The number of hydrogen-bond donors (Lipinski definition) is 2. The average Bonchev–Trinajstić information content (AvgIpc) is 2.17. The Morgan fingerprint density at radius 2 is 2.07 bits per heavy atom. The number of benzene rings is 1. The molecular weight excluding hydrogens is 179 g/mol. The van der Waals surface area contributed by atoms with Crippen LogP contribution in [-0.2, 0) is 6.42 Å². The molecule has 1 aromatic carbocycles. The van der Waals surface area contributed by atoms with Crippen LogP contribution in [0.2, 0.25) is 0 Å². The van der Waals surface area contributed by atoms with E-state index in [1.807, 2.05) is 13.0 Å². The molecule has 1 rings (SSSR count). The van der Waals surface area contributed by atoms with Gasteiger partial charge in [0.1, 0.15) is 5.75 Å². The molecule has 0 saturated heterocycles. The molecule has 2 N–H and O–H groups in total. The van der Waals surface area contributed by atoms with Gasteiger partial charge in [-0.05, 0) is 29.6 Å². The lowest BCUT2D eigenvalue weighted by Gasteiger charge is -2.09. The standard InChI is InChI=1S/C10H15BO3/c1-3-4-8-7-9(14-2)5-6-10(8)11(12)13/h5-7,12-13H,3-4H2,1-2H3. The van der Waals surface area contributed by atoms with Gasteiger partial charge in [0, 0.05) is 0 Å². The van der Waals surface area contributed by atoms with Crippen molar-refractivity contribution in [1.29, 1.82) is 0 Å². The molecule has 0 saturated carbocycles. The Morgan fingerprint density at radius 1 is 1.36 bits per heavy atom. The highest BCUT2D eigenvalue weighted by Crippen LogP contribution is 2.12. The number of methoxy groups -OCH3 is 1. The molecule has 0 spiro atoms. The third-order valence-corrected chi connectivity index (χ3v) is 2.15. The minimum absolute atomic E-state index is 0.563. The van der Waals surface area contributed by atoms with Gasteiger partial charge in [-0.1, -0.05) is 19.4 Å². The summed E-state index contributed by atoms with van der Waals surface area (Å²) in [6.07, 6.45) is 1.79. The average molecular weight is 194 g/mol. The van der Waals surface area contributed by atoms with Crippen molar-refractivity contribution in [1.82, 2.24) is 0 Å². The molecule has 1 aromatic rings. The van der Waals surface area contributed by atoms with Gasteiger partial charge in [-0.2, -0.15) is 0 Å². The Morgan fingerprint density at radius 3 is 2.57 bits per heavy atom. The van der Waals surface area contributed by atoms with Crippen molar-refractivity contribution in [2.24, 2.45) is 0 Å². The Bertz CT molecular complexity index is 299. The van der Waals surface area contributed by atoms with Crippen molar-refractivity contribution in [2.45, 2.75) is 19.8 Å². The lowest BCUT2D eigenvalue weighted by molar-refractivity contribution is 0.413. The Labute approximate surface area is 84.5 Å². The summed E-state index contributed by atoms with van der Waals surface area (Å²) in [5, 5.41) is 18.2. The third-order valence-electron chi connectivity index (χ3n) is 2.15. The zero-order valence-corrected chi connectivity index (χ0v) is 8.53. The first-order valence-corrected chi connectivity index (χ1v) is 4.72. The summed E-state index contributed by atoms with van der Waals surface area (Å²) in [5.74, 6) is 0.748. The molecule has 4 heteroatoms. The number of aryl methyl sites for hydroxylation is 1. The molecule has 0 aromatic heterocycles. The van der Waals surface area contributed by atoms with Crippen LogP contribution in [0.5, 0.6) is 5.75 Å². The highest BCUT2D eigenvalue weighted by atomic mass is 16.5.